The van der Waals surface area contributed by atoms with E-state index in [0.29, 0.717) is 43.1 Å². The minimum atomic E-state index is -0.119. The lowest BCUT2D eigenvalue weighted by atomic mass is 9.85. The molecule has 3 aliphatic rings. The number of piperidine rings is 1. The van der Waals surface area contributed by atoms with Crippen LogP contribution in [0, 0.1) is 11.8 Å². The van der Waals surface area contributed by atoms with E-state index >= 15 is 0 Å². The highest BCUT2D eigenvalue weighted by molar-refractivity contribution is 5.83. The van der Waals surface area contributed by atoms with Crippen molar-refractivity contribution >= 4 is 11.6 Å². The summed E-state index contributed by atoms with van der Waals surface area (Å²) in [5.74, 6) is 2.86. The number of nitrogens with one attached hydrogen (secondary N) is 1. The number of likely N-dealkylation sites (tertiary alicyclic amines) is 1. The maximum absolute atomic E-state index is 9.29. The van der Waals surface area contributed by atoms with Crippen LogP contribution in [0.3, 0.4) is 0 Å². The lowest BCUT2D eigenvalue weighted by molar-refractivity contribution is 0.0359. The molecule has 0 amide bonds. The van der Waals surface area contributed by atoms with Gasteiger partial charge in [0, 0.05) is 38.1 Å². The second-order valence-electron chi connectivity index (χ2n) is 8.86. The molecule has 0 radical (unpaired) electrons. The molecule has 1 saturated heterocycles. The number of hydrogen-bond acceptors (Lipinski definition) is 8. The van der Waals surface area contributed by atoms with E-state index < -0.39 is 0 Å². The normalized spacial score (nSPS) is 26.8. The van der Waals surface area contributed by atoms with Crippen LogP contribution < -0.4 is 15.8 Å². The van der Waals surface area contributed by atoms with Crippen LogP contribution in [-0.2, 0) is 9.47 Å². The van der Waals surface area contributed by atoms with Crippen molar-refractivity contribution in [3.05, 3.63) is 36.1 Å². The van der Waals surface area contributed by atoms with Crippen LogP contribution in [0.1, 0.15) is 25.7 Å². The number of nitrogen functional groups attached to an aromatic ring is 1. The molecule has 1 aliphatic carbocycles. The number of aliphatic imine (C=N–C) groups is 1. The first-order valence-electron chi connectivity index (χ1n) is 11.7. The summed E-state index contributed by atoms with van der Waals surface area (Å²) in [6, 6.07) is 7.52. The molecule has 2 heterocycles. The second-order valence-corrected chi connectivity index (χ2v) is 8.86. The number of aliphatic hydroxyl groups excluding tert-OH is 1. The van der Waals surface area contributed by atoms with Crippen LogP contribution in [0.2, 0.25) is 0 Å². The summed E-state index contributed by atoms with van der Waals surface area (Å²) >= 11 is 0. The fourth-order valence-corrected chi connectivity index (χ4v) is 4.73. The summed E-state index contributed by atoms with van der Waals surface area (Å²) in [7, 11) is 1.72. The molecule has 0 saturated carbocycles. The van der Waals surface area contributed by atoms with Gasteiger partial charge in [-0.3, -0.25) is 5.32 Å². The Morgan fingerprint density at radius 3 is 2.88 bits per heavy atom. The minimum Gasteiger partial charge on any atom is -0.495 e. The lowest BCUT2D eigenvalue weighted by Gasteiger charge is -2.37. The molecule has 1 fully saturated rings. The zero-order chi connectivity index (χ0) is 22.3. The summed E-state index contributed by atoms with van der Waals surface area (Å²) in [5.41, 5.74) is 6.55. The molecular weight excluding hydrogens is 408 g/mol. The fourth-order valence-electron chi connectivity index (χ4n) is 4.73. The molecule has 4 N–H and O–H groups in total. The van der Waals surface area contributed by atoms with Crippen molar-refractivity contribution in [3.8, 4) is 5.75 Å². The van der Waals surface area contributed by atoms with Gasteiger partial charge in [0.05, 0.1) is 19.2 Å². The Labute approximate surface area is 190 Å². The molecule has 4 rings (SSSR count). The Hall–Kier alpha value is -2.13. The third-order valence-corrected chi connectivity index (χ3v) is 6.66. The number of hydrogen-bond donors (Lipinski definition) is 3. The third-order valence-electron chi connectivity index (χ3n) is 6.66. The molecule has 1 aromatic rings. The number of nitrogens with two attached hydrogens (primary N) is 1. The number of anilines is 1. The summed E-state index contributed by atoms with van der Waals surface area (Å²) in [4.78, 5) is 7.03. The van der Waals surface area contributed by atoms with Crippen molar-refractivity contribution < 1.29 is 19.3 Å². The Morgan fingerprint density at radius 1 is 1.28 bits per heavy atom. The van der Waals surface area contributed by atoms with Gasteiger partial charge in [0.15, 0.2) is 5.90 Å². The average molecular weight is 445 g/mol. The zero-order valence-electron chi connectivity index (χ0n) is 18.9. The minimum absolute atomic E-state index is 0.0790. The van der Waals surface area contributed by atoms with E-state index in [0.717, 1.165) is 51.1 Å². The smallest absolute Gasteiger partial charge is 0.196 e. The largest absolute Gasteiger partial charge is 0.495 e. The molecule has 0 aromatic heterocycles. The van der Waals surface area contributed by atoms with Gasteiger partial charge >= 0.3 is 0 Å². The number of fused-ring (bicyclic) bond motifs is 1. The topological polar surface area (TPSA) is 102 Å². The first-order valence-corrected chi connectivity index (χ1v) is 11.7. The maximum Gasteiger partial charge on any atom is 0.196 e. The molecular formula is C24H36N4O4. The highest BCUT2D eigenvalue weighted by Gasteiger charge is 2.38. The van der Waals surface area contributed by atoms with Gasteiger partial charge in [-0.1, -0.05) is 6.07 Å². The first kappa shape index (κ1) is 23.0. The monoisotopic (exact) mass is 444 g/mol. The van der Waals surface area contributed by atoms with Crippen molar-refractivity contribution in [2.45, 2.75) is 37.8 Å². The average Bonchev–Trinajstić information content (AvgIpc) is 2.82. The number of ether oxygens (including phenoxy) is 3. The third kappa shape index (κ3) is 5.81. The van der Waals surface area contributed by atoms with Gasteiger partial charge in [0.25, 0.3) is 0 Å². The lowest BCUT2D eigenvalue weighted by Crippen LogP contribution is -2.49. The van der Waals surface area contributed by atoms with Crippen molar-refractivity contribution in [1.82, 2.24) is 10.2 Å². The van der Waals surface area contributed by atoms with Crippen LogP contribution in [0.5, 0.6) is 5.75 Å². The maximum atomic E-state index is 9.29. The van der Waals surface area contributed by atoms with Crippen molar-refractivity contribution in [2.75, 3.05) is 52.4 Å². The number of nitrogens with zero attached hydrogens (tertiary/aromatic N) is 2. The van der Waals surface area contributed by atoms with E-state index in [1.807, 2.05) is 24.3 Å². The van der Waals surface area contributed by atoms with Gasteiger partial charge in [-0.05, 0) is 62.9 Å². The van der Waals surface area contributed by atoms with E-state index in [-0.39, 0.29) is 18.1 Å². The Bertz CT molecular complexity index is 807. The summed E-state index contributed by atoms with van der Waals surface area (Å²) < 4.78 is 18.0. The molecule has 2 aliphatic heterocycles. The molecule has 8 nitrogen and oxygen atoms in total. The van der Waals surface area contributed by atoms with Crippen molar-refractivity contribution in [2.24, 2.45) is 16.8 Å². The molecule has 32 heavy (non-hydrogen) atoms. The molecule has 0 spiro atoms. The summed E-state index contributed by atoms with van der Waals surface area (Å²) in [6.07, 6.45) is 5.91. The van der Waals surface area contributed by atoms with Crippen LogP contribution >= 0.6 is 0 Å². The predicted octanol–water partition coefficient (Wildman–Crippen LogP) is 2.01. The van der Waals surface area contributed by atoms with E-state index in [2.05, 4.69) is 21.3 Å². The van der Waals surface area contributed by atoms with Gasteiger partial charge in [0.1, 0.15) is 17.6 Å². The standard InChI is InChI=1S/C24H36N4O4/c1-30-22-13-20-21(26-16-27-24(20)32-19-5-2-4-18(25)12-19)14-23(22)31-11-3-8-28-9-6-17(15-29)7-10-28/h2,4-5,12,14,17,20-22,26,29H,3,6-11,13,15-16,25H2,1H3/t20-,21?,22?/m1/s1. The molecule has 3 atom stereocenters. The van der Waals surface area contributed by atoms with Crippen LogP contribution in [0.15, 0.2) is 41.1 Å². The Balaban J connectivity index is 1.30. The van der Waals surface area contributed by atoms with E-state index in [9.17, 15) is 5.11 Å². The van der Waals surface area contributed by atoms with E-state index in [1.54, 1.807) is 7.11 Å². The van der Waals surface area contributed by atoms with E-state index in [1.165, 1.54) is 0 Å². The predicted molar refractivity (Wildman–Crippen MR) is 125 cm³/mol. The number of benzene rings is 1. The van der Waals surface area contributed by atoms with Gasteiger partial charge in [-0.25, -0.2) is 4.99 Å². The Kier molecular flexibility index (Phi) is 8.02. The van der Waals surface area contributed by atoms with Crippen LogP contribution in [-0.4, -0.2) is 74.7 Å². The second kappa shape index (κ2) is 11.1. The van der Waals surface area contributed by atoms with E-state index in [4.69, 9.17) is 19.9 Å². The van der Waals surface area contributed by atoms with Crippen LogP contribution in [0.25, 0.3) is 0 Å². The first-order chi connectivity index (χ1) is 15.7. The number of methoxy groups -OCH3 is 1. The molecule has 0 bridgehead atoms. The summed E-state index contributed by atoms with van der Waals surface area (Å²) in [5, 5.41) is 12.7. The van der Waals surface area contributed by atoms with Gasteiger partial charge < -0.3 is 30.0 Å². The highest BCUT2D eigenvalue weighted by atomic mass is 16.5. The molecule has 8 heteroatoms. The van der Waals surface area contributed by atoms with Gasteiger partial charge in [-0.2, -0.15) is 0 Å². The number of rotatable bonds is 8. The van der Waals surface area contributed by atoms with Crippen LogP contribution in [0.4, 0.5) is 5.69 Å². The number of aliphatic hydroxyl groups is 1. The summed E-state index contributed by atoms with van der Waals surface area (Å²) in [6.45, 7) is 4.65. The van der Waals surface area contributed by atoms with Gasteiger partial charge in [0.2, 0.25) is 0 Å². The fraction of sp³-hybridized carbons (Fsp3) is 0.625. The quantitative estimate of drug-likeness (QED) is 0.416. The molecule has 2 unspecified atom stereocenters. The molecule has 1 aromatic carbocycles. The van der Waals surface area contributed by atoms with Gasteiger partial charge in [-0.15, -0.1) is 0 Å². The van der Waals surface area contributed by atoms with Crippen molar-refractivity contribution in [3.63, 3.8) is 0 Å². The zero-order valence-corrected chi connectivity index (χ0v) is 18.9. The van der Waals surface area contributed by atoms with Crippen molar-refractivity contribution in [1.29, 1.82) is 0 Å². The molecule has 176 valence electrons. The Morgan fingerprint density at radius 2 is 2.12 bits per heavy atom. The SMILES string of the molecule is COC1C[C@H]2C(Oc3cccc(N)c3)=NCNC2C=C1OCCCN1CCC(CO)CC1. The highest BCUT2D eigenvalue weighted by Crippen LogP contribution is 2.31.